The predicted molar refractivity (Wildman–Crippen MR) is 96.7 cm³/mol. The molecule has 0 radical (unpaired) electrons. The van der Waals surface area contributed by atoms with Gasteiger partial charge in [0.25, 0.3) is 0 Å². The van der Waals surface area contributed by atoms with Gasteiger partial charge in [-0.15, -0.1) is 0 Å². The first-order valence-electron chi connectivity index (χ1n) is 9.00. The zero-order valence-electron chi connectivity index (χ0n) is 14.2. The maximum atomic E-state index is 12.3. The Bertz CT molecular complexity index is 749. The molecule has 1 aliphatic carbocycles. The molecular weight excluding hydrogens is 340 g/mol. The summed E-state index contributed by atoms with van der Waals surface area (Å²) in [5, 5.41) is 3.81. The van der Waals surface area contributed by atoms with E-state index < -0.39 is 0 Å². The molecule has 0 atom stereocenters. The van der Waals surface area contributed by atoms with Gasteiger partial charge in [-0.25, -0.2) is 9.78 Å². The van der Waals surface area contributed by atoms with E-state index in [0.717, 1.165) is 50.1 Å². The summed E-state index contributed by atoms with van der Waals surface area (Å²) >= 11 is 5.98. The largest absolute Gasteiger partial charge is 0.439 e. The van der Waals surface area contributed by atoms with Crippen LogP contribution >= 0.6 is 11.6 Å². The summed E-state index contributed by atoms with van der Waals surface area (Å²) in [4.78, 5) is 21.0. The number of nitrogens with zero attached hydrogens (tertiary/aromatic N) is 3. The molecule has 2 aromatic rings. The Morgan fingerprint density at radius 3 is 2.76 bits per heavy atom. The van der Waals surface area contributed by atoms with Crippen molar-refractivity contribution in [3.05, 3.63) is 29.1 Å². The van der Waals surface area contributed by atoms with Crippen molar-refractivity contribution >= 4 is 28.7 Å². The van der Waals surface area contributed by atoms with Crippen LogP contribution < -0.4 is 5.32 Å². The number of carbonyl (C=O) groups is 1. The molecule has 2 fully saturated rings. The molecule has 1 N–H and O–H groups in total. The van der Waals surface area contributed by atoms with Crippen LogP contribution in [0, 0.1) is 0 Å². The standard InChI is InChI=1S/C18H23ClN4O2/c19-13-5-6-15-16(11-13)25-17(21-15)12-22-7-9-23(10-8-22)18(24)20-14-3-1-2-4-14/h5-6,11,14H,1-4,7-10,12H2,(H,20,24). The molecule has 2 amide bonds. The number of oxazole rings is 1. The van der Waals surface area contributed by atoms with Gasteiger partial charge in [-0.1, -0.05) is 24.4 Å². The van der Waals surface area contributed by atoms with Crippen molar-refractivity contribution in [3.8, 4) is 0 Å². The summed E-state index contributed by atoms with van der Waals surface area (Å²) < 4.78 is 5.78. The fourth-order valence-corrected chi connectivity index (χ4v) is 3.81. The number of hydrogen-bond donors (Lipinski definition) is 1. The van der Waals surface area contributed by atoms with Crippen LogP contribution in [-0.4, -0.2) is 53.0 Å². The fourth-order valence-electron chi connectivity index (χ4n) is 3.65. The van der Waals surface area contributed by atoms with Crippen LogP contribution in [0.25, 0.3) is 11.1 Å². The Labute approximate surface area is 152 Å². The van der Waals surface area contributed by atoms with Crippen molar-refractivity contribution < 1.29 is 9.21 Å². The van der Waals surface area contributed by atoms with Gasteiger partial charge in [0.05, 0.1) is 6.54 Å². The van der Waals surface area contributed by atoms with Crippen molar-refractivity contribution in [1.29, 1.82) is 0 Å². The number of piperazine rings is 1. The van der Waals surface area contributed by atoms with E-state index in [9.17, 15) is 4.79 Å². The quantitative estimate of drug-likeness (QED) is 0.910. The molecule has 134 valence electrons. The topological polar surface area (TPSA) is 61.6 Å². The van der Waals surface area contributed by atoms with Crippen molar-refractivity contribution in [3.63, 3.8) is 0 Å². The number of urea groups is 1. The molecule has 2 heterocycles. The zero-order valence-corrected chi connectivity index (χ0v) is 15.0. The monoisotopic (exact) mass is 362 g/mol. The van der Waals surface area contributed by atoms with Crippen molar-refractivity contribution in [1.82, 2.24) is 20.1 Å². The Kier molecular flexibility index (Phi) is 4.81. The molecule has 0 bridgehead atoms. The maximum absolute atomic E-state index is 12.3. The van der Waals surface area contributed by atoms with Crippen molar-refractivity contribution in [2.24, 2.45) is 0 Å². The van der Waals surface area contributed by atoms with Crippen LogP contribution in [0.3, 0.4) is 0 Å². The van der Waals surface area contributed by atoms with Crippen LogP contribution in [-0.2, 0) is 6.54 Å². The van der Waals surface area contributed by atoms with Gasteiger partial charge >= 0.3 is 6.03 Å². The normalized spacial score (nSPS) is 19.6. The minimum absolute atomic E-state index is 0.0862. The van der Waals surface area contributed by atoms with E-state index in [4.69, 9.17) is 16.0 Å². The number of aromatic nitrogens is 1. The van der Waals surface area contributed by atoms with E-state index in [1.54, 1.807) is 6.07 Å². The Balaban J connectivity index is 1.29. The first kappa shape index (κ1) is 16.7. The van der Waals surface area contributed by atoms with E-state index >= 15 is 0 Å². The van der Waals surface area contributed by atoms with Crippen LogP contribution in [0.15, 0.2) is 22.6 Å². The molecule has 2 aliphatic rings. The fraction of sp³-hybridized carbons (Fsp3) is 0.556. The summed E-state index contributed by atoms with van der Waals surface area (Å²) in [5.41, 5.74) is 1.55. The highest BCUT2D eigenvalue weighted by molar-refractivity contribution is 6.31. The smallest absolute Gasteiger partial charge is 0.317 e. The highest BCUT2D eigenvalue weighted by Crippen LogP contribution is 2.21. The lowest BCUT2D eigenvalue weighted by atomic mass is 10.2. The van der Waals surface area contributed by atoms with Crippen LogP contribution in [0.2, 0.25) is 5.02 Å². The Morgan fingerprint density at radius 1 is 1.24 bits per heavy atom. The predicted octanol–water partition coefficient (Wildman–Crippen LogP) is 3.25. The number of rotatable bonds is 3. The molecule has 1 saturated carbocycles. The number of halogens is 1. The molecule has 4 rings (SSSR count). The molecule has 25 heavy (non-hydrogen) atoms. The average Bonchev–Trinajstić information content (AvgIpc) is 3.24. The lowest BCUT2D eigenvalue weighted by molar-refractivity contribution is 0.127. The van der Waals surface area contributed by atoms with Gasteiger partial charge in [0, 0.05) is 43.3 Å². The summed E-state index contributed by atoms with van der Waals surface area (Å²) in [7, 11) is 0. The van der Waals surface area contributed by atoms with Crippen LogP contribution in [0.1, 0.15) is 31.6 Å². The molecule has 0 unspecified atom stereocenters. The first-order chi connectivity index (χ1) is 12.2. The van der Waals surface area contributed by atoms with Gasteiger partial charge in [-0.3, -0.25) is 4.90 Å². The van der Waals surface area contributed by atoms with Gasteiger partial charge in [-0.05, 0) is 25.0 Å². The first-order valence-corrected chi connectivity index (χ1v) is 9.38. The molecule has 0 spiro atoms. The number of carbonyl (C=O) groups excluding carboxylic acids is 1. The van der Waals surface area contributed by atoms with Gasteiger partial charge in [0.15, 0.2) is 5.58 Å². The number of fused-ring (bicyclic) bond motifs is 1. The average molecular weight is 363 g/mol. The van der Waals surface area contributed by atoms with E-state index in [-0.39, 0.29) is 6.03 Å². The van der Waals surface area contributed by atoms with Gasteiger partial charge in [-0.2, -0.15) is 0 Å². The highest BCUT2D eigenvalue weighted by atomic mass is 35.5. The molecule has 1 saturated heterocycles. The number of benzene rings is 1. The van der Waals surface area contributed by atoms with E-state index in [2.05, 4.69) is 15.2 Å². The van der Waals surface area contributed by atoms with E-state index in [0.29, 0.717) is 23.5 Å². The molecule has 1 aromatic carbocycles. The Hall–Kier alpha value is -1.79. The summed E-state index contributed by atoms with van der Waals surface area (Å²) in [6, 6.07) is 5.94. The minimum atomic E-state index is 0.0862. The summed E-state index contributed by atoms with van der Waals surface area (Å²) in [6.45, 7) is 3.80. The second-order valence-electron chi connectivity index (χ2n) is 6.91. The molecular formula is C18H23ClN4O2. The van der Waals surface area contributed by atoms with Gasteiger partial charge in [0.1, 0.15) is 5.52 Å². The second kappa shape index (κ2) is 7.22. The van der Waals surface area contributed by atoms with Gasteiger partial charge < -0.3 is 14.6 Å². The van der Waals surface area contributed by atoms with E-state index in [1.165, 1.54) is 12.8 Å². The summed E-state index contributed by atoms with van der Waals surface area (Å²) in [5.74, 6) is 0.695. The lowest BCUT2D eigenvalue weighted by Crippen LogP contribution is -2.52. The summed E-state index contributed by atoms with van der Waals surface area (Å²) in [6.07, 6.45) is 4.70. The third-order valence-corrected chi connectivity index (χ3v) is 5.33. The SMILES string of the molecule is O=C(NC1CCCC1)N1CCN(Cc2nc3ccc(Cl)cc3o2)CC1. The number of nitrogens with one attached hydrogen (secondary N) is 1. The Morgan fingerprint density at radius 2 is 2.00 bits per heavy atom. The van der Waals surface area contributed by atoms with E-state index in [1.807, 2.05) is 17.0 Å². The third kappa shape index (κ3) is 3.90. The van der Waals surface area contributed by atoms with Crippen LogP contribution in [0.5, 0.6) is 0 Å². The zero-order chi connectivity index (χ0) is 17.2. The number of hydrogen-bond acceptors (Lipinski definition) is 4. The van der Waals surface area contributed by atoms with Crippen molar-refractivity contribution in [2.45, 2.75) is 38.3 Å². The van der Waals surface area contributed by atoms with Crippen molar-refractivity contribution in [2.75, 3.05) is 26.2 Å². The second-order valence-corrected chi connectivity index (χ2v) is 7.35. The maximum Gasteiger partial charge on any atom is 0.317 e. The molecule has 7 heteroatoms. The third-order valence-electron chi connectivity index (χ3n) is 5.10. The lowest BCUT2D eigenvalue weighted by Gasteiger charge is -2.34. The molecule has 1 aromatic heterocycles. The highest BCUT2D eigenvalue weighted by Gasteiger charge is 2.25. The number of amides is 2. The molecule has 6 nitrogen and oxygen atoms in total. The molecule has 1 aliphatic heterocycles. The van der Waals surface area contributed by atoms with Crippen LogP contribution in [0.4, 0.5) is 4.79 Å². The minimum Gasteiger partial charge on any atom is -0.439 e. The van der Waals surface area contributed by atoms with Gasteiger partial charge in [0.2, 0.25) is 5.89 Å².